The van der Waals surface area contributed by atoms with E-state index in [2.05, 4.69) is 34.0 Å². The highest BCUT2D eigenvalue weighted by Gasteiger charge is 2.09. The van der Waals surface area contributed by atoms with Crippen LogP contribution in [0.3, 0.4) is 0 Å². The molecule has 0 atom stereocenters. The van der Waals surface area contributed by atoms with Crippen LogP contribution in [-0.2, 0) is 0 Å². The zero-order valence-corrected chi connectivity index (χ0v) is 16.8. The van der Waals surface area contributed by atoms with Crippen molar-refractivity contribution in [1.29, 1.82) is 0 Å². The molecule has 1 heterocycles. The van der Waals surface area contributed by atoms with Crippen LogP contribution >= 0.6 is 0 Å². The van der Waals surface area contributed by atoms with Crippen LogP contribution in [0.2, 0.25) is 0 Å². The van der Waals surface area contributed by atoms with Gasteiger partial charge in [-0.1, -0.05) is 19.4 Å². The Morgan fingerprint density at radius 1 is 1.10 bits per heavy atom. The summed E-state index contributed by atoms with van der Waals surface area (Å²) in [5.41, 5.74) is 2.40. The highest BCUT2D eigenvalue weighted by atomic mass is 16.5. The molecule has 3 rings (SSSR count). The first kappa shape index (κ1) is 20.3. The summed E-state index contributed by atoms with van der Waals surface area (Å²) in [6.45, 7) is 6.31. The quantitative estimate of drug-likeness (QED) is 0.547. The van der Waals surface area contributed by atoms with Gasteiger partial charge in [0, 0.05) is 48.5 Å². The van der Waals surface area contributed by atoms with Gasteiger partial charge in [0.25, 0.3) is 5.91 Å². The second kappa shape index (κ2) is 10.2. The van der Waals surface area contributed by atoms with Gasteiger partial charge in [-0.15, -0.1) is 0 Å². The molecule has 1 amide bonds. The molecule has 0 aliphatic heterocycles. The second-order valence-corrected chi connectivity index (χ2v) is 6.61. The van der Waals surface area contributed by atoms with Gasteiger partial charge in [-0.05, 0) is 49.7 Å². The number of carbonyl (C=O) groups excluding carboxylic acids is 1. The lowest BCUT2D eigenvalue weighted by molar-refractivity contribution is 0.102. The van der Waals surface area contributed by atoms with E-state index in [0.29, 0.717) is 22.9 Å². The number of aromatic nitrogens is 2. The Bertz CT molecular complexity index is 914. The summed E-state index contributed by atoms with van der Waals surface area (Å²) in [5.74, 6) is 0.813. The molecular weight excluding hydrogens is 364 g/mol. The van der Waals surface area contributed by atoms with Gasteiger partial charge in [0.1, 0.15) is 5.75 Å². The van der Waals surface area contributed by atoms with E-state index in [4.69, 9.17) is 4.74 Å². The standard InChI is InChI=1S/C23H26N4O2/c1-3-5-15-27(4-2)20-11-9-18(10-12-20)23(28)26-19-7-6-8-21(16-19)29-22-17-24-13-14-25-22/h6-14,16-17H,3-5,15H2,1-2H3,(H,26,28). The Morgan fingerprint density at radius 2 is 1.93 bits per heavy atom. The molecule has 0 aliphatic carbocycles. The van der Waals surface area contributed by atoms with E-state index in [1.54, 1.807) is 24.5 Å². The minimum atomic E-state index is -0.162. The predicted molar refractivity (Wildman–Crippen MR) is 116 cm³/mol. The van der Waals surface area contributed by atoms with Crippen molar-refractivity contribution >= 4 is 17.3 Å². The van der Waals surface area contributed by atoms with E-state index in [-0.39, 0.29) is 5.91 Å². The van der Waals surface area contributed by atoms with Gasteiger partial charge >= 0.3 is 0 Å². The van der Waals surface area contributed by atoms with Gasteiger partial charge in [0.15, 0.2) is 0 Å². The van der Waals surface area contributed by atoms with E-state index < -0.39 is 0 Å². The molecule has 6 nitrogen and oxygen atoms in total. The molecule has 3 aromatic rings. The normalized spacial score (nSPS) is 10.4. The van der Waals surface area contributed by atoms with Gasteiger partial charge in [-0.25, -0.2) is 4.98 Å². The average Bonchev–Trinajstić information content (AvgIpc) is 2.76. The number of hydrogen-bond donors (Lipinski definition) is 1. The number of carbonyl (C=O) groups is 1. The number of ether oxygens (including phenoxy) is 1. The summed E-state index contributed by atoms with van der Waals surface area (Å²) in [7, 11) is 0. The maximum atomic E-state index is 12.6. The molecule has 0 saturated carbocycles. The monoisotopic (exact) mass is 390 g/mol. The van der Waals surface area contributed by atoms with Crippen LogP contribution < -0.4 is 15.0 Å². The first-order valence-electron chi connectivity index (χ1n) is 9.90. The maximum Gasteiger partial charge on any atom is 0.255 e. The number of hydrogen-bond acceptors (Lipinski definition) is 5. The van der Waals surface area contributed by atoms with Crippen LogP contribution in [0.15, 0.2) is 67.1 Å². The molecule has 0 aliphatic rings. The number of anilines is 2. The number of nitrogens with one attached hydrogen (secondary N) is 1. The summed E-state index contributed by atoms with van der Waals surface area (Å²) < 4.78 is 5.66. The molecule has 0 unspecified atom stereocenters. The third-order valence-electron chi connectivity index (χ3n) is 4.51. The van der Waals surface area contributed by atoms with Crippen LogP contribution in [0.4, 0.5) is 11.4 Å². The Hall–Kier alpha value is -3.41. The summed E-state index contributed by atoms with van der Waals surface area (Å²) in [5, 5.41) is 2.91. The van der Waals surface area contributed by atoms with Crippen molar-refractivity contribution in [3.8, 4) is 11.6 Å². The molecule has 1 N–H and O–H groups in total. The zero-order valence-electron chi connectivity index (χ0n) is 16.8. The second-order valence-electron chi connectivity index (χ2n) is 6.61. The highest BCUT2D eigenvalue weighted by molar-refractivity contribution is 6.04. The number of nitrogens with zero attached hydrogens (tertiary/aromatic N) is 3. The Kier molecular flexibility index (Phi) is 7.16. The molecular formula is C23H26N4O2. The zero-order chi connectivity index (χ0) is 20.5. The maximum absolute atomic E-state index is 12.6. The smallest absolute Gasteiger partial charge is 0.255 e. The van der Waals surface area contributed by atoms with E-state index >= 15 is 0 Å². The van der Waals surface area contributed by atoms with Crippen LogP contribution in [0.5, 0.6) is 11.6 Å². The van der Waals surface area contributed by atoms with Crippen molar-refractivity contribution < 1.29 is 9.53 Å². The Balaban J connectivity index is 1.65. The number of benzene rings is 2. The van der Waals surface area contributed by atoms with Gasteiger partial charge in [-0.2, -0.15) is 0 Å². The van der Waals surface area contributed by atoms with Gasteiger partial charge in [0.05, 0.1) is 6.20 Å². The molecule has 0 fully saturated rings. The first-order valence-corrected chi connectivity index (χ1v) is 9.90. The van der Waals surface area contributed by atoms with Crippen molar-refractivity contribution in [2.75, 3.05) is 23.3 Å². The molecule has 0 spiro atoms. The van der Waals surface area contributed by atoms with Crippen molar-refractivity contribution in [3.05, 3.63) is 72.7 Å². The average molecular weight is 390 g/mol. The van der Waals surface area contributed by atoms with E-state index in [1.165, 1.54) is 6.20 Å². The van der Waals surface area contributed by atoms with E-state index in [9.17, 15) is 4.79 Å². The van der Waals surface area contributed by atoms with Crippen molar-refractivity contribution in [1.82, 2.24) is 9.97 Å². The number of unbranched alkanes of at least 4 members (excludes halogenated alkanes) is 1. The Morgan fingerprint density at radius 3 is 2.62 bits per heavy atom. The minimum absolute atomic E-state index is 0.162. The number of rotatable bonds is 9. The third kappa shape index (κ3) is 5.78. The lowest BCUT2D eigenvalue weighted by Gasteiger charge is -2.23. The molecule has 29 heavy (non-hydrogen) atoms. The highest BCUT2D eigenvalue weighted by Crippen LogP contribution is 2.23. The SMILES string of the molecule is CCCCN(CC)c1ccc(C(=O)Nc2cccc(Oc3cnccn3)c2)cc1. The van der Waals surface area contributed by atoms with E-state index in [0.717, 1.165) is 31.6 Å². The van der Waals surface area contributed by atoms with Gasteiger partial charge in [0.2, 0.25) is 5.88 Å². The van der Waals surface area contributed by atoms with Crippen LogP contribution in [0.25, 0.3) is 0 Å². The summed E-state index contributed by atoms with van der Waals surface area (Å²) >= 11 is 0. The third-order valence-corrected chi connectivity index (χ3v) is 4.51. The van der Waals surface area contributed by atoms with Gasteiger partial charge in [-0.3, -0.25) is 9.78 Å². The van der Waals surface area contributed by atoms with E-state index in [1.807, 2.05) is 36.4 Å². The fourth-order valence-corrected chi connectivity index (χ4v) is 2.94. The molecule has 2 aromatic carbocycles. The molecule has 150 valence electrons. The Labute approximate surface area is 171 Å². The van der Waals surface area contributed by atoms with Crippen LogP contribution in [0.1, 0.15) is 37.0 Å². The van der Waals surface area contributed by atoms with Crippen molar-refractivity contribution in [3.63, 3.8) is 0 Å². The lowest BCUT2D eigenvalue weighted by Crippen LogP contribution is -2.23. The summed E-state index contributed by atoms with van der Waals surface area (Å²) in [6.07, 6.45) is 7.00. The molecule has 0 radical (unpaired) electrons. The van der Waals surface area contributed by atoms with Crippen molar-refractivity contribution in [2.24, 2.45) is 0 Å². The minimum Gasteiger partial charge on any atom is -0.437 e. The van der Waals surface area contributed by atoms with Crippen LogP contribution in [0, 0.1) is 0 Å². The first-order chi connectivity index (χ1) is 14.2. The lowest BCUT2D eigenvalue weighted by atomic mass is 10.1. The molecule has 1 aromatic heterocycles. The fraction of sp³-hybridized carbons (Fsp3) is 0.261. The fourth-order valence-electron chi connectivity index (χ4n) is 2.94. The number of amides is 1. The molecule has 0 saturated heterocycles. The van der Waals surface area contributed by atoms with Crippen molar-refractivity contribution in [2.45, 2.75) is 26.7 Å². The molecule has 6 heteroatoms. The predicted octanol–water partition coefficient (Wildman–Crippen LogP) is 5.15. The summed E-state index contributed by atoms with van der Waals surface area (Å²) in [4.78, 5) is 23.0. The van der Waals surface area contributed by atoms with Gasteiger partial charge < -0.3 is 15.0 Å². The molecule has 0 bridgehead atoms. The topological polar surface area (TPSA) is 67.4 Å². The van der Waals surface area contributed by atoms with Crippen LogP contribution in [-0.4, -0.2) is 29.0 Å². The summed E-state index contributed by atoms with van der Waals surface area (Å²) in [6, 6.07) is 14.9. The largest absolute Gasteiger partial charge is 0.437 e.